The Hall–Kier alpha value is -2.21. The van der Waals surface area contributed by atoms with Gasteiger partial charge in [-0.15, -0.1) is 0 Å². The summed E-state index contributed by atoms with van der Waals surface area (Å²) < 4.78 is 19.6. The Labute approximate surface area is 152 Å². The SMILES string of the molecule is CC1CC(N(C)C(=O)c2nc3c(o2)CCN(Cc2ccccc2F)C3)C1. The topological polar surface area (TPSA) is 49.6 Å². The van der Waals surface area contributed by atoms with Crippen molar-refractivity contribution in [3.05, 3.63) is 53.0 Å². The first-order valence-electron chi connectivity index (χ1n) is 9.22. The van der Waals surface area contributed by atoms with Crippen molar-refractivity contribution >= 4 is 5.91 Å². The number of hydrogen-bond donors (Lipinski definition) is 0. The molecule has 1 aliphatic carbocycles. The van der Waals surface area contributed by atoms with Crippen molar-refractivity contribution in [1.82, 2.24) is 14.8 Å². The van der Waals surface area contributed by atoms with Gasteiger partial charge in [0.15, 0.2) is 0 Å². The van der Waals surface area contributed by atoms with Gasteiger partial charge in [-0.2, -0.15) is 0 Å². The van der Waals surface area contributed by atoms with Gasteiger partial charge < -0.3 is 9.32 Å². The lowest BCUT2D eigenvalue weighted by molar-refractivity contribution is 0.0531. The number of fused-ring (bicyclic) bond motifs is 1. The Morgan fingerprint density at radius 1 is 1.38 bits per heavy atom. The molecular formula is C20H24FN3O2. The van der Waals surface area contributed by atoms with Crippen LogP contribution in [0.5, 0.6) is 0 Å². The predicted molar refractivity (Wildman–Crippen MR) is 95.0 cm³/mol. The molecule has 1 saturated carbocycles. The third-order valence-electron chi connectivity index (χ3n) is 5.56. The van der Waals surface area contributed by atoms with Gasteiger partial charge in [-0.3, -0.25) is 9.69 Å². The van der Waals surface area contributed by atoms with E-state index in [2.05, 4.69) is 16.8 Å². The highest BCUT2D eigenvalue weighted by molar-refractivity contribution is 5.89. The standard InChI is InChI=1S/C20H24FN3O2/c1-13-9-15(10-13)23(2)20(25)19-22-17-12-24(8-7-18(17)26-19)11-14-5-3-4-6-16(14)21/h3-6,13,15H,7-12H2,1-2H3. The van der Waals surface area contributed by atoms with Gasteiger partial charge in [0.25, 0.3) is 5.89 Å². The van der Waals surface area contributed by atoms with Crippen LogP contribution in [0.3, 0.4) is 0 Å². The maximum Gasteiger partial charge on any atom is 0.309 e. The molecule has 1 amide bonds. The Morgan fingerprint density at radius 2 is 2.15 bits per heavy atom. The monoisotopic (exact) mass is 357 g/mol. The van der Waals surface area contributed by atoms with E-state index in [-0.39, 0.29) is 17.6 Å². The van der Waals surface area contributed by atoms with Crippen LogP contribution in [0.1, 0.15) is 47.5 Å². The van der Waals surface area contributed by atoms with Gasteiger partial charge in [0.2, 0.25) is 0 Å². The van der Waals surface area contributed by atoms with Gasteiger partial charge >= 0.3 is 5.91 Å². The Balaban J connectivity index is 1.44. The molecule has 0 unspecified atom stereocenters. The largest absolute Gasteiger partial charge is 0.437 e. The average Bonchev–Trinajstić information content (AvgIpc) is 3.03. The van der Waals surface area contributed by atoms with Gasteiger partial charge in [-0.1, -0.05) is 25.1 Å². The minimum Gasteiger partial charge on any atom is -0.437 e. The predicted octanol–water partition coefficient (Wildman–Crippen LogP) is 3.24. The van der Waals surface area contributed by atoms with Crippen LogP contribution in [-0.4, -0.2) is 40.3 Å². The van der Waals surface area contributed by atoms with E-state index in [0.717, 1.165) is 30.8 Å². The Kier molecular flexibility index (Phi) is 4.53. The van der Waals surface area contributed by atoms with E-state index < -0.39 is 0 Å². The van der Waals surface area contributed by atoms with Crippen LogP contribution in [0.2, 0.25) is 0 Å². The van der Waals surface area contributed by atoms with Crippen LogP contribution in [-0.2, 0) is 19.5 Å². The second-order valence-electron chi connectivity index (χ2n) is 7.59. The number of oxazole rings is 1. The first kappa shape index (κ1) is 17.2. The molecule has 1 aliphatic heterocycles. The van der Waals surface area contributed by atoms with E-state index in [4.69, 9.17) is 4.42 Å². The fraction of sp³-hybridized carbons (Fsp3) is 0.500. The molecule has 2 heterocycles. The molecule has 0 saturated heterocycles. The summed E-state index contributed by atoms with van der Waals surface area (Å²) in [7, 11) is 1.83. The van der Waals surface area contributed by atoms with Crippen molar-refractivity contribution in [3.8, 4) is 0 Å². The molecule has 0 spiro atoms. The average molecular weight is 357 g/mol. The van der Waals surface area contributed by atoms with Crippen LogP contribution in [0.4, 0.5) is 4.39 Å². The Morgan fingerprint density at radius 3 is 2.88 bits per heavy atom. The quantitative estimate of drug-likeness (QED) is 0.843. The van der Waals surface area contributed by atoms with Crippen LogP contribution >= 0.6 is 0 Å². The maximum atomic E-state index is 13.9. The summed E-state index contributed by atoms with van der Waals surface area (Å²) in [5.41, 5.74) is 1.47. The van der Waals surface area contributed by atoms with Crippen LogP contribution < -0.4 is 0 Å². The normalized spacial score (nSPS) is 22.6. The highest BCUT2D eigenvalue weighted by atomic mass is 19.1. The lowest BCUT2D eigenvalue weighted by atomic mass is 9.81. The number of carbonyl (C=O) groups excluding carboxylic acids is 1. The number of carbonyl (C=O) groups is 1. The number of benzene rings is 1. The summed E-state index contributed by atoms with van der Waals surface area (Å²) in [4.78, 5) is 21.0. The number of hydrogen-bond acceptors (Lipinski definition) is 4. The molecule has 0 N–H and O–H groups in total. The smallest absolute Gasteiger partial charge is 0.309 e. The maximum absolute atomic E-state index is 13.9. The molecule has 1 aromatic heterocycles. The first-order chi connectivity index (χ1) is 12.5. The van der Waals surface area contributed by atoms with Crippen LogP contribution in [0.25, 0.3) is 0 Å². The fourth-order valence-corrected chi connectivity index (χ4v) is 3.84. The van der Waals surface area contributed by atoms with E-state index in [9.17, 15) is 9.18 Å². The summed E-state index contributed by atoms with van der Waals surface area (Å²) in [5.74, 6) is 1.32. The minimum atomic E-state index is -0.189. The molecule has 0 radical (unpaired) electrons. The van der Waals surface area contributed by atoms with Crippen molar-refractivity contribution in [2.24, 2.45) is 5.92 Å². The third kappa shape index (κ3) is 3.26. The second kappa shape index (κ2) is 6.83. The van der Waals surface area contributed by atoms with Crippen molar-refractivity contribution in [2.45, 2.75) is 45.3 Å². The van der Waals surface area contributed by atoms with Crippen molar-refractivity contribution in [1.29, 1.82) is 0 Å². The highest BCUT2D eigenvalue weighted by Gasteiger charge is 2.34. The van der Waals surface area contributed by atoms with Gasteiger partial charge in [0.1, 0.15) is 11.6 Å². The van der Waals surface area contributed by atoms with Gasteiger partial charge in [0.05, 0.1) is 5.69 Å². The number of nitrogens with zero attached hydrogens (tertiary/aromatic N) is 3. The molecule has 0 bridgehead atoms. The zero-order chi connectivity index (χ0) is 18.3. The lowest BCUT2D eigenvalue weighted by Gasteiger charge is -2.38. The molecule has 1 aromatic carbocycles. The van der Waals surface area contributed by atoms with E-state index in [1.807, 2.05) is 13.1 Å². The molecule has 138 valence electrons. The molecule has 6 heteroatoms. The fourth-order valence-electron chi connectivity index (χ4n) is 3.84. The highest BCUT2D eigenvalue weighted by Crippen LogP contribution is 2.31. The Bertz CT molecular complexity index is 813. The second-order valence-corrected chi connectivity index (χ2v) is 7.59. The summed E-state index contributed by atoms with van der Waals surface area (Å²) in [6.45, 7) is 4.07. The van der Waals surface area contributed by atoms with E-state index in [0.29, 0.717) is 37.0 Å². The van der Waals surface area contributed by atoms with E-state index in [1.54, 1.807) is 17.0 Å². The number of amides is 1. The van der Waals surface area contributed by atoms with Crippen molar-refractivity contribution in [2.75, 3.05) is 13.6 Å². The first-order valence-corrected chi connectivity index (χ1v) is 9.22. The molecule has 26 heavy (non-hydrogen) atoms. The summed E-state index contributed by atoms with van der Waals surface area (Å²) >= 11 is 0. The molecule has 1 fully saturated rings. The van der Waals surface area contributed by atoms with Crippen LogP contribution in [0, 0.1) is 11.7 Å². The molecular weight excluding hydrogens is 333 g/mol. The summed E-state index contributed by atoms with van der Waals surface area (Å²) in [5, 5.41) is 0. The summed E-state index contributed by atoms with van der Waals surface area (Å²) in [6, 6.07) is 7.12. The van der Waals surface area contributed by atoms with Crippen molar-refractivity contribution in [3.63, 3.8) is 0 Å². The molecule has 2 aromatic rings. The molecule has 0 atom stereocenters. The molecule has 4 rings (SSSR count). The van der Waals surface area contributed by atoms with Gasteiger partial charge in [0, 0.05) is 44.7 Å². The molecule has 5 nitrogen and oxygen atoms in total. The van der Waals surface area contributed by atoms with Crippen LogP contribution in [0.15, 0.2) is 28.7 Å². The zero-order valence-corrected chi connectivity index (χ0v) is 15.2. The van der Waals surface area contributed by atoms with E-state index in [1.165, 1.54) is 6.07 Å². The third-order valence-corrected chi connectivity index (χ3v) is 5.56. The number of halogens is 1. The number of rotatable bonds is 4. The summed E-state index contributed by atoms with van der Waals surface area (Å²) in [6.07, 6.45) is 2.77. The minimum absolute atomic E-state index is 0.142. The van der Waals surface area contributed by atoms with Gasteiger partial charge in [-0.05, 0) is 24.8 Å². The van der Waals surface area contributed by atoms with Gasteiger partial charge in [-0.25, -0.2) is 9.37 Å². The molecule has 2 aliphatic rings. The lowest BCUT2D eigenvalue weighted by Crippen LogP contribution is -2.44. The zero-order valence-electron chi connectivity index (χ0n) is 15.2. The van der Waals surface area contributed by atoms with E-state index >= 15 is 0 Å². The van der Waals surface area contributed by atoms with Crippen molar-refractivity contribution < 1.29 is 13.6 Å². The number of aromatic nitrogens is 1.